The van der Waals surface area contributed by atoms with Crippen molar-refractivity contribution >= 4 is 32.5 Å². The third-order valence-electron chi connectivity index (χ3n) is 4.39. The van der Waals surface area contributed by atoms with Crippen molar-refractivity contribution in [1.82, 2.24) is 14.9 Å². The van der Waals surface area contributed by atoms with Crippen molar-refractivity contribution in [1.29, 1.82) is 0 Å². The topological polar surface area (TPSA) is 104 Å². The summed E-state index contributed by atoms with van der Waals surface area (Å²) in [6.45, 7) is 1.77. The van der Waals surface area contributed by atoms with E-state index in [0.29, 0.717) is 16.8 Å². The fourth-order valence-electron chi connectivity index (χ4n) is 2.76. The van der Waals surface area contributed by atoms with Gasteiger partial charge in [-0.2, -0.15) is 5.10 Å². The number of aromatic nitrogens is 2. The maximum atomic E-state index is 12.8. The molecule has 0 unspecified atom stereocenters. The van der Waals surface area contributed by atoms with Crippen LogP contribution in [-0.2, 0) is 10.0 Å². The molecule has 0 spiro atoms. The number of nitrogens with zero attached hydrogens (tertiary/aromatic N) is 1. The van der Waals surface area contributed by atoms with Crippen LogP contribution >= 0.6 is 0 Å². The van der Waals surface area contributed by atoms with Gasteiger partial charge in [-0.15, -0.1) is 0 Å². The van der Waals surface area contributed by atoms with Crippen molar-refractivity contribution in [3.63, 3.8) is 0 Å². The molecule has 0 radical (unpaired) electrons. The Morgan fingerprint density at radius 1 is 1.23 bits per heavy atom. The molecule has 1 heterocycles. The highest BCUT2D eigenvalue weighted by Crippen LogP contribution is 2.25. The highest BCUT2D eigenvalue weighted by Gasteiger charge is 2.28. The van der Waals surface area contributed by atoms with Crippen molar-refractivity contribution in [3.8, 4) is 0 Å². The van der Waals surface area contributed by atoms with Gasteiger partial charge in [0.2, 0.25) is 10.0 Å². The van der Waals surface area contributed by atoms with Gasteiger partial charge in [0, 0.05) is 17.0 Å². The van der Waals surface area contributed by atoms with Gasteiger partial charge >= 0.3 is 0 Å². The van der Waals surface area contributed by atoms with Gasteiger partial charge in [0.15, 0.2) is 0 Å². The van der Waals surface area contributed by atoms with Gasteiger partial charge < -0.3 is 5.32 Å². The van der Waals surface area contributed by atoms with Crippen LogP contribution in [0.2, 0.25) is 0 Å². The summed E-state index contributed by atoms with van der Waals surface area (Å²) >= 11 is 0. The molecule has 1 aliphatic rings. The van der Waals surface area contributed by atoms with Crippen molar-refractivity contribution < 1.29 is 13.2 Å². The summed E-state index contributed by atoms with van der Waals surface area (Å²) in [7, 11) is -3.61. The Balaban J connectivity index is 1.65. The molecule has 1 saturated carbocycles. The number of aryl methyl sites for hydroxylation is 1. The number of hydrogen-bond acceptors (Lipinski definition) is 4. The molecule has 0 aliphatic heterocycles. The van der Waals surface area contributed by atoms with E-state index >= 15 is 0 Å². The Kier molecular flexibility index (Phi) is 4.01. The van der Waals surface area contributed by atoms with Crippen molar-refractivity contribution in [2.45, 2.75) is 30.7 Å². The van der Waals surface area contributed by atoms with Crippen LogP contribution in [0.3, 0.4) is 0 Å². The summed E-state index contributed by atoms with van der Waals surface area (Å²) in [6, 6.07) is 10.1. The van der Waals surface area contributed by atoms with Gasteiger partial charge in [-0.05, 0) is 43.5 Å². The first-order valence-corrected chi connectivity index (χ1v) is 9.79. The molecule has 4 rings (SSSR count). The molecule has 3 N–H and O–H groups in total. The van der Waals surface area contributed by atoms with Crippen LogP contribution < -0.4 is 10.0 Å². The van der Waals surface area contributed by atoms with Gasteiger partial charge in [0.05, 0.1) is 22.3 Å². The summed E-state index contributed by atoms with van der Waals surface area (Å²) < 4.78 is 27.5. The predicted molar refractivity (Wildman–Crippen MR) is 98.6 cm³/mol. The van der Waals surface area contributed by atoms with Gasteiger partial charge in [-0.25, -0.2) is 13.1 Å². The van der Waals surface area contributed by atoms with Crippen molar-refractivity contribution in [3.05, 3.63) is 53.7 Å². The van der Waals surface area contributed by atoms with Gasteiger partial charge in [0.1, 0.15) is 0 Å². The van der Waals surface area contributed by atoms with E-state index in [1.165, 1.54) is 12.1 Å². The van der Waals surface area contributed by atoms with Crippen LogP contribution in [0, 0.1) is 6.92 Å². The number of H-pyrrole nitrogens is 1. The van der Waals surface area contributed by atoms with E-state index in [-0.39, 0.29) is 16.8 Å². The quantitative estimate of drug-likeness (QED) is 0.642. The summed E-state index contributed by atoms with van der Waals surface area (Å²) in [5.41, 5.74) is 2.33. The van der Waals surface area contributed by atoms with Gasteiger partial charge in [0.25, 0.3) is 5.91 Å². The zero-order valence-corrected chi connectivity index (χ0v) is 14.9. The average molecular weight is 370 g/mol. The maximum Gasteiger partial charge on any atom is 0.256 e. The molecule has 0 saturated heterocycles. The number of para-hydroxylation sites is 1. The van der Waals surface area contributed by atoms with Crippen LogP contribution in [0.25, 0.3) is 10.9 Å². The number of aromatic amines is 1. The molecule has 7 nitrogen and oxygen atoms in total. The summed E-state index contributed by atoms with van der Waals surface area (Å²) in [4.78, 5) is 12.9. The lowest BCUT2D eigenvalue weighted by Gasteiger charge is -2.11. The smallest absolute Gasteiger partial charge is 0.256 e. The van der Waals surface area contributed by atoms with Crippen LogP contribution in [0.5, 0.6) is 0 Å². The summed E-state index contributed by atoms with van der Waals surface area (Å²) in [5.74, 6) is -0.368. The number of nitrogens with one attached hydrogen (secondary N) is 3. The molecule has 26 heavy (non-hydrogen) atoms. The minimum atomic E-state index is -3.61. The standard InChI is InChI=1S/C18H18N4O3S/c1-11-5-8-14(26(24,25)22-13-6-7-13)9-15(11)18(23)20-16-4-2-3-12-10-19-21-17(12)16/h2-5,8-10,13,22H,6-7H2,1H3,(H,19,21)(H,20,23). The zero-order chi connectivity index (χ0) is 18.3. The van der Waals surface area contributed by atoms with Crippen molar-refractivity contribution in [2.24, 2.45) is 0 Å². The van der Waals surface area contributed by atoms with Crippen LogP contribution in [0.15, 0.2) is 47.5 Å². The van der Waals surface area contributed by atoms with E-state index in [4.69, 9.17) is 0 Å². The Morgan fingerprint density at radius 2 is 2.04 bits per heavy atom. The van der Waals surface area contributed by atoms with Crippen LogP contribution in [0.4, 0.5) is 5.69 Å². The Labute approximate surface area is 150 Å². The number of carbonyl (C=O) groups excluding carboxylic acids is 1. The maximum absolute atomic E-state index is 12.8. The summed E-state index contributed by atoms with van der Waals surface area (Å²) in [6.07, 6.45) is 3.38. The van der Waals surface area contributed by atoms with E-state index in [0.717, 1.165) is 23.7 Å². The van der Waals surface area contributed by atoms with E-state index in [9.17, 15) is 13.2 Å². The molecule has 1 aliphatic carbocycles. The molecule has 134 valence electrons. The minimum absolute atomic E-state index is 0.0107. The Bertz CT molecular complexity index is 1100. The second-order valence-electron chi connectivity index (χ2n) is 6.47. The van der Waals surface area contributed by atoms with E-state index in [1.807, 2.05) is 12.1 Å². The third kappa shape index (κ3) is 3.21. The average Bonchev–Trinajstić information content (AvgIpc) is 3.26. The fraction of sp³-hybridized carbons (Fsp3) is 0.222. The number of carbonyl (C=O) groups is 1. The number of fused-ring (bicyclic) bond motifs is 1. The molecule has 1 amide bonds. The lowest BCUT2D eigenvalue weighted by molar-refractivity contribution is 0.102. The van der Waals surface area contributed by atoms with Crippen molar-refractivity contribution in [2.75, 3.05) is 5.32 Å². The molecular formula is C18H18N4O3S. The van der Waals surface area contributed by atoms with E-state index in [1.54, 1.807) is 25.3 Å². The molecule has 8 heteroatoms. The van der Waals surface area contributed by atoms with Gasteiger partial charge in [-0.1, -0.05) is 18.2 Å². The first kappa shape index (κ1) is 16.7. The lowest BCUT2D eigenvalue weighted by atomic mass is 10.1. The molecule has 1 aromatic heterocycles. The number of rotatable bonds is 5. The van der Waals surface area contributed by atoms with Crippen LogP contribution in [-0.4, -0.2) is 30.6 Å². The normalized spacial score (nSPS) is 14.5. The number of amides is 1. The number of hydrogen-bond donors (Lipinski definition) is 3. The predicted octanol–water partition coefficient (Wildman–Crippen LogP) is 2.56. The highest BCUT2D eigenvalue weighted by atomic mass is 32.2. The number of sulfonamides is 1. The lowest BCUT2D eigenvalue weighted by Crippen LogP contribution is -2.26. The van der Waals surface area contributed by atoms with Gasteiger partial charge in [-0.3, -0.25) is 9.89 Å². The largest absolute Gasteiger partial charge is 0.320 e. The minimum Gasteiger partial charge on any atom is -0.320 e. The molecule has 2 aromatic carbocycles. The van der Waals surface area contributed by atoms with E-state index < -0.39 is 10.0 Å². The number of anilines is 1. The SMILES string of the molecule is Cc1ccc(S(=O)(=O)NC2CC2)cc1C(=O)Nc1cccc2cn[nH]c12. The second kappa shape index (κ2) is 6.22. The Hall–Kier alpha value is -2.71. The highest BCUT2D eigenvalue weighted by molar-refractivity contribution is 7.89. The Morgan fingerprint density at radius 3 is 2.81 bits per heavy atom. The number of benzene rings is 2. The molecule has 3 aromatic rings. The first-order chi connectivity index (χ1) is 12.4. The zero-order valence-electron chi connectivity index (χ0n) is 14.1. The molecule has 0 bridgehead atoms. The first-order valence-electron chi connectivity index (χ1n) is 8.30. The van der Waals surface area contributed by atoms with E-state index in [2.05, 4.69) is 20.2 Å². The monoisotopic (exact) mass is 370 g/mol. The second-order valence-corrected chi connectivity index (χ2v) is 8.18. The fourth-order valence-corrected chi connectivity index (χ4v) is 4.10. The molecule has 1 fully saturated rings. The van der Waals surface area contributed by atoms with Crippen LogP contribution in [0.1, 0.15) is 28.8 Å². The molecule has 0 atom stereocenters. The summed E-state index contributed by atoms with van der Waals surface area (Å²) in [5, 5.41) is 10.5. The molecular weight excluding hydrogens is 352 g/mol. The third-order valence-corrected chi connectivity index (χ3v) is 5.91.